The van der Waals surface area contributed by atoms with Gasteiger partial charge in [0.2, 0.25) is 11.9 Å². The predicted molar refractivity (Wildman–Crippen MR) is 90.4 cm³/mol. The largest absolute Gasteiger partial charge is 0.338 e. The molecule has 0 aromatic carbocycles. The van der Waals surface area contributed by atoms with Crippen molar-refractivity contribution in [2.45, 2.75) is 25.3 Å². The summed E-state index contributed by atoms with van der Waals surface area (Å²) in [5.41, 5.74) is 0.978. The van der Waals surface area contributed by atoms with E-state index in [-0.39, 0.29) is 11.9 Å². The number of carbonyl (C=O) groups is 1. The number of aromatic nitrogens is 3. The zero-order valence-corrected chi connectivity index (χ0v) is 13.6. The molecule has 1 amide bonds. The molecule has 24 heavy (non-hydrogen) atoms. The summed E-state index contributed by atoms with van der Waals surface area (Å²) in [5, 5.41) is 0. The number of hydrogen-bond acceptors (Lipinski definition) is 5. The van der Waals surface area contributed by atoms with E-state index in [9.17, 15) is 4.79 Å². The van der Waals surface area contributed by atoms with Crippen LogP contribution in [0.3, 0.4) is 0 Å². The second kappa shape index (κ2) is 6.55. The lowest BCUT2D eigenvalue weighted by atomic mass is 9.94. The van der Waals surface area contributed by atoms with Crippen molar-refractivity contribution in [3.05, 3.63) is 48.5 Å². The number of piperidine rings is 1. The number of rotatable bonds is 3. The number of fused-ring (bicyclic) bond motifs is 4. The molecule has 2 aromatic rings. The molecule has 0 spiro atoms. The molecule has 3 saturated heterocycles. The summed E-state index contributed by atoms with van der Waals surface area (Å²) in [6, 6.07) is 5.92. The van der Waals surface area contributed by atoms with Crippen LogP contribution < -0.4 is 4.90 Å². The van der Waals surface area contributed by atoms with Crippen molar-refractivity contribution in [3.63, 3.8) is 0 Å². The molecule has 6 nitrogen and oxygen atoms in total. The predicted octanol–water partition coefficient (Wildman–Crippen LogP) is 1.54. The molecule has 3 aliphatic rings. The highest BCUT2D eigenvalue weighted by Crippen LogP contribution is 2.29. The van der Waals surface area contributed by atoms with Crippen LogP contribution in [-0.2, 0) is 11.2 Å². The summed E-state index contributed by atoms with van der Waals surface area (Å²) in [4.78, 5) is 30.0. The number of nitrogens with zero attached hydrogens (tertiary/aromatic N) is 5. The normalized spacial score (nSPS) is 23.2. The summed E-state index contributed by atoms with van der Waals surface area (Å²) in [6.07, 6.45) is 9.73. The molecule has 0 unspecified atom stereocenters. The smallest absolute Gasteiger partial charge is 0.227 e. The van der Waals surface area contributed by atoms with Gasteiger partial charge in [-0.15, -0.1) is 0 Å². The van der Waals surface area contributed by atoms with Gasteiger partial charge in [0, 0.05) is 50.5 Å². The van der Waals surface area contributed by atoms with E-state index in [2.05, 4.69) is 24.8 Å². The minimum atomic E-state index is 0.202. The molecule has 2 atom stereocenters. The third-order valence-electron chi connectivity index (χ3n) is 4.95. The lowest BCUT2D eigenvalue weighted by Crippen LogP contribution is -2.48. The number of pyridine rings is 1. The van der Waals surface area contributed by atoms with Crippen LogP contribution >= 0.6 is 0 Å². The van der Waals surface area contributed by atoms with E-state index < -0.39 is 0 Å². The first-order valence-corrected chi connectivity index (χ1v) is 8.50. The molecular formula is C18H21N5O. The Morgan fingerprint density at radius 1 is 1.08 bits per heavy atom. The van der Waals surface area contributed by atoms with Crippen molar-refractivity contribution >= 4 is 11.9 Å². The molecule has 2 aromatic heterocycles. The van der Waals surface area contributed by atoms with Gasteiger partial charge in [-0.1, -0.05) is 6.07 Å². The number of amides is 1. The fraction of sp³-hybridized carbons (Fsp3) is 0.444. The second-order valence-corrected chi connectivity index (χ2v) is 6.64. The zero-order valence-electron chi connectivity index (χ0n) is 13.6. The second-order valence-electron chi connectivity index (χ2n) is 6.64. The lowest BCUT2D eigenvalue weighted by molar-refractivity contribution is -0.134. The quantitative estimate of drug-likeness (QED) is 0.857. The zero-order chi connectivity index (χ0) is 16.4. The van der Waals surface area contributed by atoms with Crippen molar-refractivity contribution in [3.8, 4) is 0 Å². The van der Waals surface area contributed by atoms with Crippen LogP contribution in [-0.4, -0.2) is 51.4 Å². The van der Waals surface area contributed by atoms with Gasteiger partial charge in [-0.05, 0) is 36.5 Å². The van der Waals surface area contributed by atoms with Crippen LogP contribution in [0.25, 0.3) is 0 Å². The number of anilines is 1. The molecule has 5 heterocycles. The Bertz CT molecular complexity index is 693. The summed E-state index contributed by atoms with van der Waals surface area (Å²) in [6.45, 7) is 2.59. The van der Waals surface area contributed by atoms with Crippen LogP contribution in [0.15, 0.2) is 43.0 Å². The highest BCUT2D eigenvalue weighted by Gasteiger charge is 2.37. The van der Waals surface area contributed by atoms with Crippen molar-refractivity contribution in [1.29, 1.82) is 0 Å². The van der Waals surface area contributed by atoms with E-state index in [4.69, 9.17) is 0 Å². The van der Waals surface area contributed by atoms with E-state index in [0.717, 1.165) is 37.6 Å². The van der Waals surface area contributed by atoms with Gasteiger partial charge in [0.05, 0.1) is 6.42 Å². The fourth-order valence-corrected chi connectivity index (χ4v) is 3.78. The van der Waals surface area contributed by atoms with Gasteiger partial charge in [0.15, 0.2) is 0 Å². The Morgan fingerprint density at radius 3 is 2.75 bits per heavy atom. The summed E-state index contributed by atoms with van der Waals surface area (Å²) >= 11 is 0. The van der Waals surface area contributed by atoms with Crippen molar-refractivity contribution in [1.82, 2.24) is 19.9 Å². The average molecular weight is 323 g/mol. The third-order valence-corrected chi connectivity index (χ3v) is 4.95. The molecule has 0 radical (unpaired) electrons. The van der Waals surface area contributed by atoms with E-state index in [1.807, 2.05) is 18.2 Å². The maximum Gasteiger partial charge on any atom is 0.227 e. The van der Waals surface area contributed by atoms with E-state index in [1.54, 1.807) is 24.8 Å². The summed E-state index contributed by atoms with van der Waals surface area (Å²) in [5.74, 6) is 1.47. The van der Waals surface area contributed by atoms with Crippen LogP contribution in [0.5, 0.6) is 0 Å². The Labute approximate surface area is 141 Å². The SMILES string of the molecule is O=C(Cc1cccnc1)N1C[C@H]2CC[C@@H]1CN(c1ncccn1)C2. The lowest BCUT2D eigenvalue weighted by Gasteiger charge is -2.36. The standard InChI is InChI=1S/C18H21N5O/c24-17(9-14-3-1-6-19-10-14)23-12-15-4-5-16(23)13-22(11-15)18-20-7-2-8-21-18/h1-3,6-8,10,15-16H,4-5,9,11-13H2/t15-,16+/m0/s1. The van der Waals surface area contributed by atoms with E-state index >= 15 is 0 Å². The molecule has 124 valence electrons. The minimum Gasteiger partial charge on any atom is -0.338 e. The Balaban J connectivity index is 1.49. The van der Waals surface area contributed by atoms with Crippen LogP contribution in [0.1, 0.15) is 18.4 Å². The number of hydrogen-bond donors (Lipinski definition) is 0. The van der Waals surface area contributed by atoms with Gasteiger partial charge in [-0.2, -0.15) is 0 Å². The highest BCUT2D eigenvalue weighted by atomic mass is 16.2. The first-order valence-electron chi connectivity index (χ1n) is 8.50. The number of carbonyl (C=O) groups excluding carboxylic acids is 1. The fourth-order valence-electron chi connectivity index (χ4n) is 3.78. The Kier molecular flexibility index (Phi) is 4.11. The Hall–Kier alpha value is -2.50. The van der Waals surface area contributed by atoms with Crippen LogP contribution in [0, 0.1) is 5.92 Å². The first-order chi connectivity index (χ1) is 11.8. The topological polar surface area (TPSA) is 62.2 Å². The summed E-state index contributed by atoms with van der Waals surface area (Å²) < 4.78 is 0. The average Bonchev–Trinajstić information content (AvgIpc) is 2.95. The third kappa shape index (κ3) is 3.09. The maximum atomic E-state index is 12.8. The molecule has 0 saturated carbocycles. The molecule has 3 fully saturated rings. The van der Waals surface area contributed by atoms with Gasteiger partial charge in [0.1, 0.15) is 0 Å². The molecule has 2 bridgehead atoms. The van der Waals surface area contributed by atoms with Gasteiger partial charge >= 0.3 is 0 Å². The van der Waals surface area contributed by atoms with Gasteiger partial charge in [-0.3, -0.25) is 9.78 Å². The van der Waals surface area contributed by atoms with Gasteiger partial charge in [-0.25, -0.2) is 9.97 Å². The molecular weight excluding hydrogens is 302 g/mol. The first kappa shape index (κ1) is 15.1. The Morgan fingerprint density at radius 2 is 1.96 bits per heavy atom. The van der Waals surface area contributed by atoms with Gasteiger partial charge in [0.25, 0.3) is 0 Å². The molecule has 0 N–H and O–H groups in total. The van der Waals surface area contributed by atoms with Crippen LogP contribution in [0.4, 0.5) is 5.95 Å². The molecule has 3 aliphatic heterocycles. The van der Waals surface area contributed by atoms with Crippen molar-refractivity contribution < 1.29 is 4.79 Å². The monoisotopic (exact) mass is 323 g/mol. The van der Waals surface area contributed by atoms with Crippen molar-refractivity contribution in [2.24, 2.45) is 5.92 Å². The van der Waals surface area contributed by atoms with E-state index in [1.165, 1.54) is 6.42 Å². The summed E-state index contributed by atoms with van der Waals surface area (Å²) in [7, 11) is 0. The van der Waals surface area contributed by atoms with Gasteiger partial charge < -0.3 is 9.80 Å². The highest BCUT2D eigenvalue weighted by molar-refractivity contribution is 5.79. The molecule has 5 rings (SSSR count). The van der Waals surface area contributed by atoms with Crippen molar-refractivity contribution in [2.75, 3.05) is 24.5 Å². The minimum absolute atomic E-state index is 0.202. The van der Waals surface area contributed by atoms with E-state index in [0.29, 0.717) is 12.3 Å². The molecule has 6 heteroatoms. The maximum absolute atomic E-state index is 12.8. The molecule has 0 aliphatic carbocycles. The van der Waals surface area contributed by atoms with Crippen LogP contribution in [0.2, 0.25) is 0 Å².